The van der Waals surface area contributed by atoms with Crippen LogP contribution in [0.2, 0.25) is 0 Å². The van der Waals surface area contributed by atoms with Crippen LogP contribution in [0.25, 0.3) is 0 Å². The van der Waals surface area contributed by atoms with Crippen LogP contribution in [0.15, 0.2) is 89.8 Å². The van der Waals surface area contributed by atoms with Gasteiger partial charge in [0.1, 0.15) is 0 Å². The molecule has 3 rings (SSSR count). The summed E-state index contributed by atoms with van der Waals surface area (Å²) >= 11 is 0. The predicted molar refractivity (Wildman–Crippen MR) is 118 cm³/mol. The van der Waals surface area contributed by atoms with Gasteiger partial charge in [0.25, 0.3) is 0 Å². The highest BCUT2D eigenvalue weighted by Crippen LogP contribution is 2.19. The smallest absolute Gasteiger partial charge is 0.243 e. The van der Waals surface area contributed by atoms with E-state index in [1.54, 1.807) is 42.3 Å². The Morgan fingerprint density at radius 3 is 1.90 bits per heavy atom. The molecule has 0 heterocycles. The summed E-state index contributed by atoms with van der Waals surface area (Å²) in [6.07, 6.45) is 0. The van der Waals surface area contributed by atoms with Gasteiger partial charge in [-0.2, -0.15) is 4.31 Å². The lowest BCUT2D eigenvalue weighted by Crippen LogP contribution is -2.40. The lowest BCUT2D eigenvalue weighted by molar-refractivity contribution is -0.130. The molecule has 0 N–H and O–H groups in total. The molecule has 0 aliphatic carbocycles. The standard InChI is InChI=1S/C24H26N2O3S/c1-20-13-15-22(16-14-20)18-26(30(28,29)23-11-7-4-8-12-23)19-24(27)25(2)17-21-9-5-3-6-10-21/h3-16H,17-19H2,1-2H3. The van der Waals surface area contributed by atoms with Crippen LogP contribution in [0, 0.1) is 6.92 Å². The van der Waals surface area contributed by atoms with Crippen molar-refractivity contribution < 1.29 is 13.2 Å². The van der Waals surface area contributed by atoms with E-state index in [0.717, 1.165) is 16.7 Å². The van der Waals surface area contributed by atoms with Crippen molar-refractivity contribution in [2.45, 2.75) is 24.9 Å². The highest BCUT2D eigenvalue weighted by atomic mass is 32.2. The SMILES string of the molecule is Cc1ccc(CN(CC(=O)N(C)Cc2ccccc2)S(=O)(=O)c2ccccc2)cc1. The molecule has 156 valence electrons. The summed E-state index contributed by atoms with van der Waals surface area (Å²) in [6.45, 7) is 2.30. The van der Waals surface area contributed by atoms with E-state index in [4.69, 9.17) is 0 Å². The number of amides is 1. The number of carbonyl (C=O) groups excluding carboxylic acids is 1. The first-order valence-electron chi connectivity index (χ1n) is 9.75. The Labute approximate surface area is 178 Å². The molecule has 0 saturated carbocycles. The maximum atomic E-state index is 13.3. The second-order valence-corrected chi connectivity index (χ2v) is 9.25. The van der Waals surface area contributed by atoms with Crippen molar-refractivity contribution in [3.8, 4) is 0 Å². The van der Waals surface area contributed by atoms with Crippen molar-refractivity contribution in [2.24, 2.45) is 0 Å². The van der Waals surface area contributed by atoms with Gasteiger partial charge in [-0.15, -0.1) is 0 Å². The van der Waals surface area contributed by atoms with E-state index in [2.05, 4.69) is 0 Å². The lowest BCUT2D eigenvalue weighted by atomic mass is 10.1. The van der Waals surface area contributed by atoms with Crippen LogP contribution in [-0.2, 0) is 27.9 Å². The number of aryl methyl sites for hydroxylation is 1. The molecule has 3 aromatic rings. The Morgan fingerprint density at radius 1 is 0.767 bits per heavy atom. The van der Waals surface area contributed by atoms with E-state index < -0.39 is 10.0 Å². The van der Waals surface area contributed by atoms with E-state index in [1.807, 2.05) is 61.5 Å². The average molecular weight is 423 g/mol. The molecule has 0 atom stereocenters. The van der Waals surface area contributed by atoms with E-state index in [1.165, 1.54) is 4.31 Å². The number of rotatable bonds is 8. The first-order valence-corrected chi connectivity index (χ1v) is 11.2. The second-order valence-electron chi connectivity index (χ2n) is 7.31. The van der Waals surface area contributed by atoms with Crippen molar-refractivity contribution in [3.63, 3.8) is 0 Å². The number of likely N-dealkylation sites (N-methyl/N-ethyl adjacent to an activating group) is 1. The maximum absolute atomic E-state index is 13.3. The quantitative estimate of drug-likeness (QED) is 0.554. The van der Waals surface area contributed by atoms with E-state index in [9.17, 15) is 13.2 Å². The zero-order valence-electron chi connectivity index (χ0n) is 17.2. The summed E-state index contributed by atoms with van der Waals surface area (Å²) in [7, 11) is -2.14. The van der Waals surface area contributed by atoms with Crippen molar-refractivity contribution >= 4 is 15.9 Å². The minimum atomic E-state index is -3.82. The highest BCUT2D eigenvalue weighted by molar-refractivity contribution is 7.89. The summed E-state index contributed by atoms with van der Waals surface area (Å²) in [5.74, 6) is -0.259. The van der Waals surface area contributed by atoms with Crippen molar-refractivity contribution in [2.75, 3.05) is 13.6 Å². The van der Waals surface area contributed by atoms with Crippen molar-refractivity contribution in [3.05, 3.63) is 102 Å². The van der Waals surface area contributed by atoms with Gasteiger partial charge in [-0.25, -0.2) is 8.42 Å². The Hall–Kier alpha value is -2.96. The fourth-order valence-electron chi connectivity index (χ4n) is 3.08. The van der Waals surface area contributed by atoms with Gasteiger partial charge in [0.05, 0.1) is 11.4 Å². The minimum absolute atomic E-state index is 0.127. The number of benzene rings is 3. The normalized spacial score (nSPS) is 11.4. The summed E-state index contributed by atoms with van der Waals surface area (Å²) in [5.41, 5.74) is 2.91. The fourth-order valence-corrected chi connectivity index (χ4v) is 4.48. The summed E-state index contributed by atoms with van der Waals surface area (Å²) in [6, 6.07) is 25.5. The van der Waals surface area contributed by atoms with Gasteiger partial charge in [-0.05, 0) is 30.2 Å². The van der Waals surface area contributed by atoms with Gasteiger partial charge in [0, 0.05) is 20.1 Å². The van der Waals surface area contributed by atoms with Crippen LogP contribution in [0.1, 0.15) is 16.7 Å². The van der Waals surface area contributed by atoms with Crippen molar-refractivity contribution in [1.82, 2.24) is 9.21 Å². The largest absolute Gasteiger partial charge is 0.340 e. The number of hydrogen-bond donors (Lipinski definition) is 0. The molecule has 3 aromatic carbocycles. The number of hydrogen-bond acceptors (Lipinski definition) is 3. The number of sulfonamides is 1. The van der Waals surface area contributed by atoms with E-state index in [-0.39, 0.29) is 23.9 Å². The number of carbonyl (C=O) groups is 1. The molecule has 0 unspecified atom stereocenters. The van der Waals surface area contributed by atoms with Crippen LogP contribution in [-0.4, -0.2) is 37.1 Å². The van der Waals surface area contributed by atoms with Gasteiger partial charge < -0.3 is 4.90 Å². The fraction of sp³-hybridized carbons (Fsp3) is 0.208. The van der Waals surface area contributed by atoms with E-state index >= 15 is 0 Å². The van der Waals surface area contributed by atoms with Gasteiger partial charge in [0.15, 0.2) is 0 Å². The molecule has 0 fully saturated rings. The van der Waals surface area contributed by atoms with Crippen LogP contribution < -0.4 is 0 Å². The summed E-state index contributed by atoms with van der Waals surface area (Å²) in [4.78, 5) is 14.6. The third-order valence-electron chi connectivity index (χ3n) is 4.86. The van der Waals surface area contributed by atoms with Gasteiger partial charge in [-0.3, -0.25) is 4.79 Å². The molecule has 30 heavy (non-hydrogen) atoms. The Balaban J connectivity index is 1.83. The van der Waals surface area contributed by atoms with E-state index in [0.29, 0.717) is 6.54 Å². The molecule has 0 saturated heterocycles. The zero-order chi connectivity index (χ0) is 21.6. The average Bonchev–Trinajstić information content (AvgIpc) is 2.76. The molecule has 6 heteroatoms. The van der Waals surface area contributed by atoms with Crippen LogP contribution in [0.3, 0.4) is 0 Å². The molecular formula is C24H26N2O3S. The Bertz CT molecular complexity index is 1070. The zero-order valence-corrected chi connectivity index (χ0v) is 18.0. The molecule has 1 amide bonds. The third-order valence-corrected chi connectivity index (χ3v) is 6.67. The minimum Gasteiger partial charge on any atom is -0.340 e. The second kappa shape index (κ2) is 9.69. The highest BCUT2D eigenvalue weighted by Gasteiger charge is 2.28. The Kier molecular flexibility index (Phi) is 7.03. The van der Waals surface area contributed by atoms with Crippen LogP contribution in [0.4, 0.5) is 0 Å². The van der Waals surface area contributed by atoms with Crippen LogP contribution in [0.5, 0.6) is 0 Å². The van der Waals surface area contributed by atoms with Gasteiger partial charge in [0.2, 0.25) is 15.9 Å². The first kappa shape index (κ1) is 21.7. The summed E-state index contributed by atoms with van der Waals surface area (Å²) < 4.78 is 27.8. The molecule has 0 aromatic heterocycles. The molecule has 0 spiro atoms. The maximum Gasteiger partial charge on any atom is 0.243 e. The third kappa shape index (κ3) is 5.55. The molecule has 0 radical (unpaired) electrons. The van der Waals surface area contributed by atoms with Crippen molar-refractivity contribution in [1.29, 1.82) is 0 Å². The monoisotopic (exact) mass is 422 g/mol. The topological polar surface area (TPSA) is 57.7 Å². The molecule has 5 nitrogen and oxygen atoms in total. The number of nitrogens with zero attached hydrogens (tertiary/aromatic N) is 2. The lowest BCUT2D eigenvalue weighted by Gasteiger charge is -2.25. The van der Waals surface area contributed by atoms with Gasteiger partial charge in [-0.1, -0.05) is 78.4 Å². The first-order chi connectivity index (χ1) is 14.4. The Morgan fingerprint density at radius 2 is 1.30 bits per heavy atom. The molecule has 0 aliphatic rings. The summed E-state index contributed by atoms with van der Waals surface area (Å²) in [5, 5.41) is 0. The molecular weight excluding hydrogens is 396 g/mol. The molecule has 0 aliphatic heterocycles. The molecule has 0 bridgehead atoms. The predicted octanol–water partition coefficient (Wildman–Crippen LogP) is 3.84. The van der Waals surface area contributed by atoms with Gasteiger partial charge >= 0.3 is 0 Å². The van der Waals surface area contributed by atoms with Crippen LogP contribution >= 0.6 is 0 Å².